The van der Waals surface area contributed by atoms with Crippen LogP contribution in [0.3, 0.4) is 0 Å². The van der Waals surface area contributed by atoms with Crippen LogP contribution < -0.4 is 0 Å². The molecule has 0 heterocycles. The average Bonchev–Trinajstić information content (AvgIpc) is 2.35. The molecule has 1 aromatic carbocycles. The molecule has 0 bridgehead atoms. The first-order valence-electron chi connectivity index (χ1n) is 4.88. The van der Waals surface area contributed by atoms with Crippen LogP contribution >= 0.6 is 11.6 Å². The number of carbonyl (C=O) groups excluding carboxylic acids is 1. The van der Waals surface area contributed by atoms with Gasteiger partial charge in [-0.3, -0.25) is 0 Å². The van der Waals surface area contributed by atoms with Gasteiger partial charge in [-0.15, -0.1) is 11.6 Å². The van der Waals surface area contributed by atoms with E-state index in [9.17, 15) is 4.79 Å². The number of carbonyl (C=O) groups is 1. The third kappa shape index (κ3) is 2.17. The summed E-state index contributed by atoms with van der Waals surface area (Å²) in [5, 5.41) is 9.09. The quantitative estimate of drug-likeness (QED) is 0.600. The van der Waals surface area contributed by atoms with E-state index in [1.54, 1.807) is 12.1 Å². The molecule has 1 rings (SSSR count). The highest BCUT2D eigenvalue weighted by molar-refractivity contribution is 6.17. The minimum atomic E-state index is -0.493. The summed E-state index contributed by atoms with van der Waals surface area (Å²) in [5.74, 6) is -0.161. The molecular weight excluding hydrogens is 226 g/mol. The number of nitriles is 1. The lowest BCUT2D eigenvalue weighted by Gasteiger charge is -2.10. The lowest BCUT2D eigenvalue weighted by Crippen LogP contribution is -2.08. The summed E-state index contributed by atoms with van der Waals surface area (Å²) in [7, 11) is 1.30. The molecule has 0 radical (unpaired) electrons. The van der Waals surface area contributed by atoms with Crippen molar-refractivity contribution >= 4 is 17.6 Å². The monoisotopic (exact) mass is 237 g/mol. The predicted octanol–water partition coefficient (Wildman–Crippen LogP) is 2.65. The molecule has 0 fully saturated rings. The van der Waals surface area contributed by atoms with Gasteiger partial charge >= 0.3 is 5.97 Å². The van der Waals surface area contributed by atoms with E-state index in [1.807, 2.05) is 13.0 Å². The van der Waals surface area contributed by atoms with E-state index >= 15 is 0 Å². The minimum absolute atomic E-state index is 0.302. The van der Waals surface area contributed by atoms with Crippen LogP contribution in [0.5, 0.6) is 0 Å². The van der Waals surface area contributed by atoms with Crippen LogP contribution in [0.2, 0.25) is 0 Å². The van der Waals surface area contributed by atoms with E-state index in [2.05, 4.69) is 4.74 Å². The maximum Gasteiger partial charge on any atom is 0.339 e. The van der Waals surface area contributed by atoms with Crippen LogP contribution in [0.25, 0.3) is 0 Å². The van der Waals surface area contributed by atoms with Gasteiger partial charge in [0.25, 0.3) is 0 Å². The Morgan fingerprint density at radius 3 is 2.69 bits per heavy atom. The van der Waals surface area contributed by atoms with Gasteiger partial charge in [-0.1, -0.05) is 13.0 Å². The van der Waals surface area contributed by atoms with Crippen molar-refractivity contribution in [2.24, 2.45) is 0 Å². The average molecular weight is 238 g/mol. The SMILES string of the molecule is CCc1c(CCl)ccc(C(=O)OC)c1C#N. The van der Waals surface area contributed by atoms with Crippen LogP contribution in [-0.4, -0.2) is 13.1 Å². The zero-order valence-electron chi connectivity index (χ0n) is 9.21. The van der Waals surface area contributed by atoms with Crippen molar-refractivity contribution in [1.29, 1.82) is 5.26 Å². The standard InChI is InChI=1S/C12H12ClNO2/c1-3-9-8(6-13)4-5-10(11(9)7-14)12(15)16-2/h4-5H,3,6H2,1-2H3. The van der Waals surface area contributed by atoms with E-state index in [4.69, 9.17) is 16.9 Å². The molecule has 0 aliphatic carbocycles. The zero-order valence-corrected chi connectivity index (χ0v) is 9.97. The van der Waals surface area contributed by atoms with Crippen LogP contribution in [0, 0.1) is 11.3 Å². The van der Waals surface area contributed by atoms with Crippen molar-refractivity contribution in [3.63, 3.8) is 0 Å². The highest BCUT2D eigenvalue weighted by Crippen LogP contribution is 2.21. The first-order chi connectivity index (χ1) is 7.69. The molecule has 0 saturated carbocycles. The normalized spacial score (nSPS) is 9.62. The van der Waals surface area contributed by atoms with E-state index < -0.39 is 5.97 Å². The Morgan fingerprint density at radius 1 is 1.56 bits per heavy atom. The van der Waals surface area contributed by atoms with Crippen molar-refractivity contribution in [2.75, 3.05) is 7.11 Å². The molecule has 16 heavy (non-hydrogen) atoms. The van der Waals surface area contributed by atoms with Crippen LogP contribution in [0.15, 0.2) is 12.1 Å². The fraction of sp³-hybridized carbons (Fsp3) is 0.333. The molecule has 4 heteroatoms. The Labute approximate surface area is 99.6 Å². The first-order valence-corrected chi connectivity index (χ1v) is 5.42. The lowest BCUT2D eigenvalue weighted by atomic mass is 9.95. The third-order valence-electron chi connectivity index (χ3n) is 2.42. The zero-order chi connectivity index (χ0) is 12.1. The second-order valence-corrected chi connectivity index (χ2v) is 3.48. The maximum atomic E-state index is 11.5. The molecule has 0 atom stereocenters. The summed E-state index contributed by atoms with van der Waals surface area (Å²) in [5.41, 5.74) is 2.37. The molecular formula is C12H12ClNO2. The van der Waals surface area contributed by atoms with Gasteiger partial charge in [0.2, 0.25) is 0 Å². The number of esters is 1. The van der Waals surface area contributed by atoms with Crippen LogP contribution in [-0.2, 0) is 17.0 Å². The Bertz CT molecular complexity index is 449. The second-order valence-electron chi connectivity index (χ2n) is 3.22. The van der Waals surface area contributed by atoms with Crippen LogP contribution in [0.1, 0.15) is 34.0 Å². The first kappa shape index (κ1) is 12.5. The number of halogens is 1. The summed E-state index contributed by atoms with van der Waals surface area (Å²) in [6, 6.07) is 5.39. The van der Waals surface area contributed by atoms with Gasteiger partial charge < -0.3 is 4.74 Å². The molecule has 0 aliphatic heterocycles. The highest BCUT2D eigenvalue weighted by atomic mass is 35.5. The fourth-order valence-corrected chi connectivity index (χ4v) is 1.88. The van der Waals surface area contributed by atoms with E-state index in [0.29, 0.717) is 23.4 Å². The molecule has 3 nitrogen and oxygen atoms in total. The molecule has 84 valence electrons. The van der Waals surface area contributed by atoms with Crippen molar-refractivity contribution < 1.29 is 9.53 Å². The maximum absolute atomic E-state index is 11.5. The largest absolute Gasteiger partial charge is 0.465 e. The third-order valence-corrected chi connectivity index (χ3v) is 2.71. The van der Waals surface area contributed by atoms with E-state index in [-0.39, 0.29) is 0 Å². The van der Waals surface area contributed by atoms with Gasteiger partial charge in [-0.25, -0.2) is 4.79 Å². The summed E-state index contributed by atoms with van der Waals surface area (Å²) in [6.07, 6.45) is 0.662. The lowest BCUT2D eigenvalue weighted by molar-refractivity contribution is 0.0600. The molecule has 0 N–H and O–H groups in total. The molecule has 0 aliphatic rings. The Balaban J connectivity index is 3.45. The Kier molecular flexibility index (Phi) is 4.33. The van der Waals surface area contributed by atoms with Crippen LogP contribution in [0.4, 0.5) is 0 Å². The Hall–Kier alpha value is -1.53. The molecule has 0 saturated heterocycles. The highest BCUT2D eigenvalue weighted by Gasteiger charge is 2.16. The number of benzene rings is 1. The minimum Gasteiger partial charge on any atom is -0.465 e. The van der Waals surface area contributed by atoms with Gasteiger partial charge in [-0.05, 0) is 23.6 Å². The van der Waals surface area contributed by atoms with Gasteiger partial charge in [0, 0.05) is 5.88 Å². The fourth-order valence-electron chi connectivity index (χ4n) is 1.63. The Morgan fingerprint density at radius 2 is 2.25 bits per heavy atom. The number of rotatable bonds is 3. The smallest absolute Gasteiger partial charge is 0.339 e. The molecule has 0 amide bonds. The summed E-state index contributed by atoms with van der Waals surface area (Å²) < 4.78 is 4.63. The number of nitrogens with zero attached hydrogens (tertiary/aromatic N) is 1. The number of ether oxygens (including phenoxy) is 1. The van der Waals surface area contributed by atoms with Crippen molar-refractivity contribution in [1.82, 2.24) is 0 Å². The summed E-state index contributed by atoms with van der Waals surface area (Å²) >= 11 is 5.78. The van der Waals surface area contributed by atoms with E-state index in [1.165, 1.54) is 7.11 Å². The second kappa shape index (κ2) is 5.53. The number of hydrogen-bond donors (Lipinski definition) is 0. The molecule has 0 unspecified atom stereocenters. The van der Waals surface area contributed by atoms with Gasteiger partial charge in [0.05, 0.1) is 18.2 Å². The molecule has 0 aromatic heterocycles. The topological polar surface area (TPSA) is 50.1 Å². The van der Waals surface area contributed by atoms with Gasteiger partial charge in [-0.2, -0.15) is 5.26 Å². The summed E-state index contributed by atoms with van der Waals surface area (Å²) in [4.78, 5) is 11.5. The number of alkyl halides is 1. The molecule has 0 spiro atoms. The van der Waals surface area contributed by atoms with Crippen molar-refractivity contribution in [3.05, 3.63) is 34.4 Å². The van der Waals surface area contributed by atoms with Crippen molar-refractivity contribution in [2.45, 2.75) is 19.2 Å². The van der Waals surface area contributed by atoms with E-state index in [0.717, 1.165) is 11.1 Å². The number of hydrogen-bond acceptors (Lipinski definition) is 3. The van der Waals surface area contributed by atoms with Crippen molar-refractivity contribution in [3.8, 4) is 6.07 Å². The van der Waals surface area contributed by atoms with Gasteiger partial charge in [0.15, 0.2) is 0 Å². The molecule has 1 aromatic rings. The summed E-state index contributed by atoms with van der Waals surface area (Å²) in [6.45, 7) is 1.92. The predicted molar refractivity (Wildman–Crippen MR) is 61.4 cm³/mol. The number of methoxy groups -OCH3 is 1. The van der Waals surface area contributed by atoms with Gasteiger partial charge in [0.1, 0.15) is 6.07 Å².